The number of nitrogens with zero attached hydrogens (tertiary/aromatic N) is 3. The van der Waals surface area contributed by atoms with Gasteiger partial charge in [0.2, 0.25) is 5.91 Å². The van der Waals surface area contributed by atoms with Gasteiger partial charge >= 0.3 is 0 Å². The number of carbonyl (C=O) groups is 1. The first-order chi connectivity index (χ1) is 17.0. The van der Waals surface area contributed by atoms with Gasteiger partial charge in [0.05, 0.1) is 11.3 Å². The summed E-state index contributed by atoms with van der Waals surface area (Å²) >= 11 is 2.52. The van der Waals surface area contributed by atoms with Crippen LogP contribution in [0.1, 0.15) is 18.4 Å². The molecule has 3 heterocycles. The number of pyridine rings is 1. The quantitative estimate of drug-likeness (QED) is 0.228. The zero-order chi connectivity index (χ0) is 24.4. The summed E-state index contributed by atoms with van der Waals surface area (Å²) in [4.78, 5) is 36.1. The van der Waals surface area contributed by atoms with E-state index in [4.69, 9.17) is 4.98 Å². The van der Waals surface area contributed by atoms with E-state index in [2.05, 4.69) is 17.2 Å². The van der Waals surface area contributed by atoms with Crippen LogP contribution in [-0.4, -0.2) is 26.2 Å². The van der Waals surface area contributed by atoms with E-state index in [-0.39, 0.29) is 23.1 Å². The Morgan fingerprint density at radius 1 is 1.14 bits per heavy atom. The molecule has 0 saturated carbocycles. The topological polar surface area (TPSA) is 76.9 Å². The average Bonchev–Trinajstić information content (AvgIpc) is 3.24. The highest BCUT2D eigenvalue weighted by Crippen LogP contribution is 2.31. The fraction of sp³-hybridized carbons (Fsp3) is 0.154. The standard InChI is InChI=1S/C26H21FN4O2S2/c1-16(17-7-3-2-4-8-17)14-31-25(33)23-22(20-11-6-12-28-24(20)35-23)30-26(31)34-15-21(32)29-19-10-5-9-18(27)13-19/h2-13,16H,14-15H2,1H3,(H,29,32)/t16-/m1/s1. The summed E-state index contributed by atoms with van der Waals surface area (Å²) in [5.74, 6) is -0.658. The van der Waals surface area contributed by atoms with Crippen molar-refractivity contribution in [3.8, 4) is 0 Å². The molecular formula is C26H21FN4O2S2. The fourth-order valence-corrected chi connectivity index (χ4v) is 5.70. The molecule has 6 nitrogen and oxygen atoms in total. The molecule has 1 amide bonds. The van der Waals surface area contributed by atoms with Crippen LogP contribution >= 0.6 is 23.1 Å². The van der Waals surface area contributed by atoms with E-state index in [1.165, 1.54) is 41.3 Å². The summed E-state index contributed by atoms with van der Waals surface area (Å²) in [6, 6.07) is 19.4. The second-order valence-corrected chi connectivity index (χ2v) is 10.0. The highest BCUT2D eigenvalue weighted by atomic mass is 32.2. The lowest BCUT2D eigenvalue weighted by Gasteiger charge is -2.17. The van der Waals surface area contributed by atoms with Gasteiger partial charge < -0.3 is 5.32 Å². The molecule has 176 valence electrons. The fourth-order valence-electron chi connectivity index (χ4n) is 3.87. The smallest absolute Gasteiger partial charge is 0.272 e. The average molecular weight is 505 g/mol. The van der Waals surface area contributed by atoms with Crippen LogP contribution in [0.3, 0.4) is 0 Å². The van der Waals surface area contributed by atoms with Crippen LogP contribution in [0.2, 0.25) is 0 Å². The normalized spacial score (nSPS) is 12.2. The van der Waals surface area contributed by atoms with Crippen molar-refractivity contribution in [3.05, 3.63) is 94.7 Å². The minimum atomic E-state index is -0.427. The van der Waals surface area contributed by atoms with Crippen LogP contribution in [0.4, 0.5) is 10.1 Å². The van der Waals surface area contributed by atoms with Gasteiger partial charge in [-0.2, -0.15) is 0 Å². The first-order valence-corrected chi connectivity index (χ1v) is 12.8. The van der Waals surface area contributed by atoms with Gasteiger partial charge in [-0.15, -0.1) is 11.3 Å². The number of thioether (sulfide) groups is 1. The molecule has 0 aliphatic heterocycles. The van der Waals surface area contributed by atoms with Crippen LogP contribution in [0.15, 0.2) is 82.9 Å². The van der Waals surface area contributed by atoms with Crippen molar-refractivity contribution in [2.24, 2.45) is 0 Å². The monoisotopic (exact) mass is 504 g/mol. The van der Waals surface area contributed by atoms with Gasteiger partial charge in [-0.25, -0.2) is 14.4 Å². The van der Waals surface area contributed by atoms with Crippen molar-refractivity contribution in [2.75, 3.05) is 11.1 Å². The molecule has 0 fully saturated rings. The minimum absolute atomic E-state index is 0.0223. The summed E-state index contributed by atoms with van der Waals surface area (Å²) in [6.45, 7) is 2.48. The molecule has 2 aromatic carbocycles. The van der Waals surface area contributed by atoms with E-state index < -0.39 is 5.82 Å². The number of amides is 1. The Kier molecular flexibility index (Phi) is 6.61. The molecular weight excluding hydrogens is 483 g/mol. The van der Waals surface area contributed by atoms with Crippen molar-refractivity contribution >= 4 is 55.1 Å². The van der Waals surface area contributed by atoms with E-state index in [9.17, 15) is 14.0 Å². The van der Waals surface area contributed by atoms with Gasteiger partial charge in [0.1, 0.15) is 15.3 Å². The molecule has 3 aromatic heterocycles. The molecule has 5 aromatic rings. The Labute approximate surface area is 208 Å². The second kappa shape index (κ2) is 9.97. The first-order valence-electron chi connectivity index (χ1n) is 11.0. The SMILES string of the molecule is C[C@H](Cn1c(SCC(=O)Nc2cccc(F)c2)nc2c(sc3ncccc32)c1=O)c1ccccc1. The van der Waals surface area contributed by atoms with Gasteiger partial charge in [-0.1, -0.05) is 55.1 Å². The number of benzene rings is 2. The molecule has 0 bridgehead atoms. The van der Waals surface area contributed by atoms with Crippen LogP contribution in [0, 0.1) is 5.82 Å². The largest absolute Gasteiger partial charge is 0.325 e. The van der Waals surface area contributed by atoms with E-state index in [0.717, 1.165) is 15.8 Å². The van der Waals surface area contributed by atoms with Gasteiger partial charge in [0.15, 0.2) is 5.16 Å². The number of anilines is 1. The second-order valence-electron chi connectivity index (χ2n) is 8.10. The Balaban J connectivity index is 1.49. The van der Waals surface area contributed by atoms with Crippen molar-refractivity contribution in [1.29, 1.82) is 0 Å². The van der Waals surface area contributed by atoms with Crippen LogP contribution < -0.4 is 10.9 Å². The molecule has 0 spiro atoms. The molecule has 0 unspecified atom stereocenters. The number of rotatable bonds is 7. The van der Waals surface area contributed by atoms with E-state index in [1.54, 1.807) is 16.8 Å². The lowest BCUT2D eigenvalue weighted by molar-refractivity contribution is -0.113. The highest BCUT2D eigenvalue weighted by Gasteiger charge is 2.19. The summed E-state index contributed by atoms with van der Waals surface area (Å²) in [6.07, 6.45) is 1.69. The first kappa shape index (κ1) is 23.2. The Morgan fingerprint density at radius 2 is 1.97 bits per heavy atom. The number of hydrogen-bond acceptors (Lipinski definition) is 6. The number of carbonyl (C=O) groups excluding carboxylic acids is 1. The predicted octanol–water partition coefficient (Wildman–Crippen LogP) is 5.68. The van der Waals surface area contributed by atoms with Crippen LogP contribution in [-0.2, 0) is 11.3 Å². The maximum atomic E-state index is 13.6. The molecule has 0 aliphatic rings. The minimum Gasteiger partial charge on any atom is -0.325 e. The van der Waals surface area contributed by atoms with E-state index in [1.807, 2.05) is 42.5 Å². The molecule has 9 heteroatoms. The maximum Gasteiger partial charge on any atom is 0.272 e. The summed E-state index contributed by atoms with van der Waals surface area (Å²) < 4.78 is 15.7. The lowest BCUT2D eigenvalue weighted by Crippen LogP contribution is -2.25. The van der Waals surface area contributed by atoms with Crippen LogP contribution in [0.5, 0.6) is 0 Å². The number of thiophene rings is 1. The lowest BCUT2D eigenvalue weighted by atomic mass is 10.0. The molecule has 0 saturated heterocycles. The van der Waals surface area contributed by atoms with Crippen molar-refractivity contribution < 1.29 is 9.18 Å². The summed E-state index contributed by atoms with van der Waals surface area (Å²) in [5.41, 5.74) is 1.94. The Hall–Kier alpha value is -3.56. The third kappa shape index (κ3) is 4.96. The van der Waals surface area contributed by atoms with Gasteiger partial charge in [-0.05, 0) is 41.8 Å². The van der Waals surface area contributed by atoms with E-state index >= 15 is 0 Å². The van der Waals surface area contributed by atoms with Gasteiger partial charge in [0, 0.05) is 23.8 Å². The van der Waals surface area contributed by atoms with Gasteiger partial charge in [-0.3, -0.25) is 14.2 Å². The zero-order valence-corrected chi connectivity index (χ0v) is 20.4. The van der Waals surface area contributed by atoms with Crippen molar-refractivity contribution in [1.82, 2.24) is 14.5 Å². The maximum absolute atomic E-state index is 13.6. The Bertz CT molecular complexity index is 1580. The Morgan fingerprint density at radius 3 is 2.77 bits per heavy atom. The predicted molar refractivity (Wildman–Crippen MR) is 140 cm³/mol. The molecule has 35 heavy (non-hydrogen) atoms. The van der Waals surface area contributed by atoms with Crippen molar-refractivity contribution in [2.45, 2.75) is 24.5 Å². The number of fused-ring (bicyclic) bond motifs is 3. The molecule has 1 atom stereocenters. The summed E-state index contributed by atoms with van der Waals surface area (Å²) in [7, 11) is 0. The molecule has 0 aliphatic carbocycles. The number of hydrogen-bond donors (Lipinski definition) is 1. The highest BCUT2D eigenvalue weighted by molar-refractivity contribution is 7.99. The summed E-state index contributed by atoms with van der Waals surface area (Å²) in [5, 5.41) is 3.97. The van der Waals surface area contributed by atoms with Crippen LogP contribution in [0.25, 0.3) is 20.4 Å². The number of aromatic nitrogens is 3. The molecule has 0 radical (unpaired) electrons. The number of halogens is 1. The third-order valence-corrected chi connectivity index (χ3v) is 7.65. The van der Waals surface area contributed by atoms with Gasteiger partial charge in [0.25, 0.3) is 5.56 Å². The molecule has 5 rings (SSSR count). The van der Waals surface area contributed by atoms with E-state index in [0.29, 0.717) is 27.6 Å². The molecule has 1 N–H and O–H groups in total. The third-order valence-electron chi connectivity index (χ3n) is 5.58. The van der Waals surface area contributed by atoms with Crippen molar-refractivity contribution in [3.63, 3.8) is 0 Å². The number of nitrogens with one attached hydrogen (secondary N) is 1. The zero-order valence-electron chi connectivity index (χ0n) is 18.8.